The molecule has 3 heterocycles. The molecule has 0 atom stereocenters. The molecular weight excluding hydrogens is 365 g/mol. The lowest BCUT2D eigenvalue weighted by Crippen LogP contribution is -2.51. The van der Waals surface area contributed by atoms with Crippen molar-refractivity contribution in [1.29, 1.82) is 0 Å². The van der Waals surface area contributed by atoms with E-state index >= 15 is 8.63 Å². The van der Waals surface area contributed by atoms with Crippen LogP contribution in [-0.4, -0.2) is 21.6 Å². The SMILES string of the molecule is CCC1=C(C)C2=C(c3ccccc3C)c3c(C)c(CC)c(C)n3[B-](F)(F)[N+]2=C1C. The number of allylic oxidation sites excluding steroid dienone is 2. The van der Waals surface area contributed by atoms with Crippen LogP contribution in [0.25, 0.3) is 5.57 Å². The van der Waals surface area contributed by atoms with E-state index in [0.29, 0.717) is 22.8 Å². The van der Waals surface area contributed by atoms with Gasteiger partial charge in [-0.2, -0.15) is 0 Å². The van der Waals surface area contributed by atoms with Crippen LogP contribution < -0.4 is 0 Å². The Labute approximate surface area is 172 Å². The topological polar surface area (TPSA) is 7.94 Å². The third-order valence-corrected chi connectivity index (χ3v) is 6.91. The van der Waals surface area contributed by atoms with Crippen LogP contribution in [0.15, 0.2) is 41.1 Å². The normalized spacial score (nSPS) is 18.0. The quantitative estimate of drug-likeness (QED) is 0.549. The second-order valence-electron chi connectivity index (χ2n) is 8.30. The molecule has 0 saturated carbocycles. The fourth-order valence-corrected chi connectivity index (χ4v) is 5.59. The van der Waals surface area contributed by atoms with Gasteiger partial charge in [0.2, 0.25) is 0 Å². The van der Waals surface area contributed by atoms with Gasteiger partial charge in [-0.15, -0.1) is 0 Å². The Morgan fingerprint density at radius 2 is 1.62 bits per heavy atom. The molecule has 5 heteroatoms. The van der Waals surface area contributed by atoms with Gasteiger partial charge in [0.05, 0.1) is 5.57 Å². The lowest BCUT2D eigenvalue weighted by atomic mass is 9.83. The molecular formula is C24H29BF2N2. The first-order valence-electron chi connectivity index (χ1n) is 10.5. The minimum Gasteiger partial charge on any atom is -0.393 e. The van der Waals surface area contributed by atoms with E-state index in [1.807, 2.05) is 53.7 Å². The fraction of sp³-hybridized carbons (Fsp3) is 0.375. The van der Waals surface area contributed by atoms with E-state index in [1.54, 1.807) is 0 Å². The summed E-state index contributed by atoms with van der Waals surface area (Å²) in [5.41, 5.74) is 9.85. The van der Waals surface area contributed by atoms with Gasteiger partial charge in [-0.1, -0.05) is 38.1 Å². The van der Waals surface area contributed by atoms with Gasteiger partial charge < -0.3 is 17.6 Å². The van der Waals surface area contributed by atoms with E-state index in [-0.39, 0.29) is 0 Å². The highest BCUT2D eigenvalue weighted by Gasteiger charge is 2.56. The number of hydrogen-bond acceptors (Lipinski definition) is 0. The summed E-state index contributed by atoms with van der Waals surface area (Å²) >= 11 is 0. The third-order valence-electron chi connectivity index (χ3n) is 6.91. The molecule has 2 aliphatic rings. The van der Waals surface area contributed by atoms with Gasteiger partial charge in [-0.25, -0.2) is 0 Å². The van der Waals surface area contributed by atoms with Crippen LogP contribution in [0.3, 0.4) is 0 Å². The average Bonchev–Trinajstić information content (AvgIpc) is 3.08. The van der Waals surface area contributed by atoms with Crippen molar-refractivity contribution < 1.29 is 13.1 Å². The van der Waals surface area contributed by atoms with Gasteiger partial charge in [-0.3, -0.25) is 0 Å². The van der Waals surface area contributed by atoms with Crippen molar-refractivity contribution >= 4 is 18.3 Å². The first-order chi connectivity index (χ1) is 13.7. The molecule has 0 aliphatic carbocycles. The number of halogens is 2. The molecule has 0 N–H and O–H groups in total. The second kappa shape index (κ2) is 6.55. The maximum Gasteiger partial charge on any atom is 0.737 e. The van der Waals surface area contributed by atoms with Crippen LogP contribution in [-0.2, 0) is 6.42 Å². The highest BCUT2D eigenvalue weighted by molar-refractivity contribution is 6.58. The summed E-state index contributed by atoms with van der Waals surface area (Å²) in [7, 11) is 0. The third kappa shape index (κ3) is 2.42. The molecule has 29 heavy (non-hydrogen) atoms. The number of hydrogen-bond donors (Lipinski definition) is 0. The van der Waals surface area contributed by atoms with Crippen LogP contribution in [0.4, 0.5) is 8.63 Å². The van der Waals surface area contributed by atoms with E-state index in [4.69, 9.17) is 0 Å². The van der Waals surface area contributed by atoms with Crippen molar-refractivity contribution in [2.24, 2.45) is 0 Å². The number of aryl methyl sites for hydroxylation is 1. The smallest absolute Gasteiger partial charge is 0.393 e. The lowest BCUT2D eigenvalue weighted by molar-refractivity contribution is -0.363. The highest BCUT2D eigenvalue weighted by atomic mass is 19.2. The molecule has 0 fully saturated rings. The molecule has 4 rings (SSSR count). The van der Waals surface area contributed by atoms with Crippen molar-refractivity contribution in [1.82, 2.24) is 4.48 Å². The zero-order valence-corrected chi connectivity index (χ0v) is 18.5. The van der Waals surface area contributed by atoms with E-state index in [9.17, 15) is 0 Å². The Morgan fingerprint density at radius 3 is 2.21 bits per heavy atom. The summed E-state index contributed by atoms with van der Waals surface area (Å²) in [6.07, 6.45) is 1.50. The number of benzene rings is 1. The van der Waals surface area contributed by atoms with Crippen LogP contribution in [0, 0.1) is 20.8 Å². The first kappa shape index (κ1) is 19.9. The summed E-state index contributed by atoms with van der Waals surface area (Å²) in [6, 6.07) is 8.13. The molecule has 2 nitrogen and oxygen atoms in total. The summed E-state index contributed by atoms with van der Waals surface area (Å²) in [5.74, 6) is 0. The molecule has 1 aromatic carbocycles. The largest absolute Gasteiger partial charge is 0.737 e. The average molecular weight is 394 g/mol. The van der Waals surface area contributed by atoms with Gasteiger partial charge in [0.25, 0.3) is 0 Å². The zero-order valence-electron chi connectivity index (χ0n) is 18.5. The molecule has 2 aliphatic heterocycles. The monoisotopic (exact) mass is 394 g/mol. The molecule has 0 bridgehead atoms. The zero-order chi connectivity index (χ0) is 21.2. The van der Waals surface area contributed by atoms with Gasteiger partial charge in [0.1, 0.15) is 5.71 Å². The van der Waals surface area contributed by atoms with Crippen molar-refractivity contribution in [3.63, 3.8) is 0 Å². The minimum absolute atomic E-state index is 0.686. The molecule has 152 valence electrons. The summed E-state index contributed by atoms with van der Waals surface area (Å²) < 4.78 is 35.0. The van der Waals surface area contributed by atoms with Crippen LogP contribution in [0.2, 0.25) is 0 Å². The Bertz CT molecular complexity index is 1150. The summed E-state index contributed by atoms with van der Waals surface area (Å²) in [4.78, 5) is 0. The summed E-state index contributed by atoms with van der Waals surface area (Å²) in [6.45, 7) is 9.90. The predicted molar refractivity (Wildman–Crippen MR) is 118 cm³/mol. The Kier molecular flexibility index (Phi) is 4.49. The molecule has 0 saturated heterocycles. The maximum atomic E-state index is 16.1. The first-order valence-corrected chi connectivity index (χ1v) is 10.5. The van der Waals surface area contributed by atoms with Crippen LogP contribution >= 0.6 is 0 Å². The van der Waals surface area contributed by atoms with E-state index in [0.717, 1.165) is 51.8 Å². The van der Waals surface area contributed by atoms with Crippen LogP contribution in [0.1, 0.15) is 67.8 Å². The van der Waals surface area contributed by atoms with E-state index < -0.39 is 6.97 Å². The standard InChI is InChI=1S/C24H29BF2N2/c1-8-19-15(4)23-22(21-13-11-10-12-14(21)3)24-16(5)20(9-2)18(7)29(24)25(26,27)28(23)17(19)6/h10-13H,8-9H2,1-7H3. The van der Waals surface area contributed by atoms with Gasteiger partial charge in [0.15, 0.2) is 5.70 Å². The van der Waals surface area contributed by atoms with Gasteiger partial charge in [0, 0.05) is 23.8 Å². The minimum atomic E-state index is -3.95. The Balaban J connectivity index is 2.26. The van der Waals surface area contributed by atoms with E-state index in [2.05, 4.69) is 19.1 Å². The fourth-order valence-electron chi connectivity index (χ4n) is 5.59. The van der Waals surface area contributed by atoms with Crippen molar-refractivity contribution in [3.05, 3.63) is 74.8 Å². The lowest BCUT2D eigenvalue weighted by Gasteiger charge is -2.34. The molecule has 0 radical (unpaired) electrons. The molecule has 0 unspecified atom stereocenters. The van der Waals surface area contributed by atoms with Crippen molar-refractivity contribution in [2.75, 3.05) is 0 Å². The molecule has 1 aromatic heterocycles. The highest BCUT2D eigenvalue weighted by Crippen LogP contribution is 2.47. The second-order valence-corrected chi connectivity index (χ2v) is 8.30. The van der Waals surface area contributed by atoms with Crippen molar-refractivity contribution in [2.45, 2.75) is 61.3 Å². The number of fused-ring (bicyclic) bond motifs is 2. The number of rotatable bonds is 3. The number of aromatic nitrogens is 1. The van der Waals surface area contributed by atoms with E-state index in [1.165, 1.54) is 8.96 Å². The maximum absolute atomic E-state index is 16.1. The van der Waals surface area contributed by atoms with Gasteiger partial charge in [-0.05, 0) is 68.5 Å². The molecule has 2 aromatic rings. The molecule has 0 spiro atoms. The predicted octanol–water partition coefficient (Wildman–Crippen LogP) is 6.18. The van der Waals surface area contributed by atoms with Crippen molar-refractivity contribution in [3.8, 4) is 0 Å². The van der Waals surface area contributed by atoms with Gasteiger partial charge >= 0.3 is 6.97 Å². The Hall–Kier alpha value is -2.43. The molecule has 0 amide bonds. The van der Waals surface area contributed by atoms with Crippen LogP contribution in [0.5, 0.6) is 0 Å². The Morgan fingerprint density at radius 1 is 0.966 bits per heavy atom. The number of nitrogens with zero attached hydrogens (tertiary/aromatic N) is 2. The summed E-state index contributed by atoms with van der Waals surface area (Å²) in [5, 5.41) is 0.